The third-order valence-electron chi connectivity index (χ3n) is 5.75. The van der Waals surface area contributed by atoms with Crippen molar-refractivity contribution in [2.45, 2.75) is 10.8 Å². The molecule has 4 N–H and O–H groups in total. The molecule has 0 atom stereocenters. The zero-order chi connectivity index (χ0) is 23.1. The van der Waals surface area contributed by atoms with Gasteiger partial charge in [-0.1, -0.05) is 36.4 Å². The first kappa shape index (κ1) is 20.4. The number of thioether (sulfide) groups is 1. The molecule has 8 heteroatoms. The third kappa shape index (κ3) is 3.78. The second kappa shape index (κ2) is 8.31. The molecule has 6 rings (SSSR count). The van der Waals surface area contributed by atoms with E-state index < -0.39 is 5.95 Å². The molecule has 34 heavy (non-hydrogen) atoms. The summed E-state index contributed by atoms with van der Waals surface area (Å²) in [6, 6.07) is 23.4. The Balaban J connectivity index is 1.38. The number of anilines is 1. The molecule has 0 fully saturated rings. The first-order chi connectivity index (χ1) is 16.6. The van der Waals surface area contributed by atoms with Crippen LogP contribution in [-0.4, -0.2) is 25.1 Å². The summed E-state index contributed by atoms with van der Waals surface area (Å²) in [5.74, 6) is 0.667. The van der Waals surface area contributed by atoms with Crippen LogP contribution in [0.2, 0.25) is 0 Å². The summed E-state index contributed by atoms with van der Waals surface area (Å²) in [5, 5.41) is 9.44. The number of hydrogen-bond donors (Lipinski definition) is 3. The fraction of sp³-hybridized carbons (Fsp3) is 0.0385. The number of nitrogen functional groups attached to an aromatic ring is 1. The number of fused-ring (bicyclic) bond motifs is 2. The lowest BCUT2D eigenvalue weighted by Crippen LogP contribution is -1.90. The highest BCUT2D eigenvalue weighted by Crippen LogP contribution is 2.34. The van der Waals surface area contributed by atoms with Crippen molar-refractivity contribution in [1.29, 1.82) is 0 Å². The van der Waals surface area contributed by atoms with Gasteiger partial charge in [0.1, 0.15) is 10.7 Å². The molecule has 6 aromatic rings. The Bertz CT molecular complexity index is 1640. The lowest BCUT2D eigenvalue weighted by atomic mass is 10.0. The highest BCUT2D eigenvalue weighted by molar-refractivity contribution is 7.98. The maximum atomic E-state index is 14.4. The second-order valence-electron chi connectivity index (χ2n) is 7.96. The van der Waals surface area contributed by atoms with E-state index in [1.807, 2.05) is 66.7 Å². The highest BCUT2D eigenvalue weighted by atomic mass is 32.2. The average Bonchev–Trinajstić information content (AvgIpc) is 3.46. The van der Waals surface area contributed by atoms with E-state index in [1.165, 1.54) is 17.8 Å². The first-order valence-electron chi connectivity index (χ1n) is 10.7. The summed E-state index contributed by atoms with van der Waals surface area (Å²) < 4.78 is 14.4. The Morgan fingerprint density at radius 1 is 0.912 bits per heavy atom. The minimum Gasteiger partial charge on any atom is -0.382 e. The third-order valence-corrected chi connectivity index (χ3v) is 6.73. The van der Waals surface area contributed by atoms with E-state index in [9.17, 15) is 4.39 Å². The molecule has 0 aliphatic heterocycles. The summed E-state index contributed by atoms with van der Waals surface area (Å²) in [6.07, 6.45) is 1.76. The predicted octanol–water partition coefficient (Wildman–Crippen LogP) is 6.18. The molecule has 2 aromatic carbocycles. The summed E-state index contributed by atoms with van der Waals surface area (Å²) in [6.45, 7) is 0. The Hall–Kier alpha value is -4.17. The Morgan fingerprint density at radius 2 is 1.79 bits per heavy atom. The summed E-state index contributed by atoms with van der Waals surface area (Å²) in [5.41, 5.74) is 12.3. The van der Waals surface area contributed by atoms with Crippen LogP contribution >= 0.6 is 11.8 Å². The molecule has 0 bridgehead atoms. The zero-order valence-electron chi connectivity index (χ0n) is 17.9. The fourth-order valence-electron chi connectivity index (χ4n) is 4.07. The van der Waals surface area contributed by atoms with Gasteiger partial charge in [-0.05, 0) is 47.0 Å². The summed E-state index contributed by atoms with van der Waals surface area (Å²) >= 11 is 1.51. The minimum atomic E-state index is -0.513. The minimum absolute atomic E-state index is 0.463. The van der Waals surface area contributed by atoms with E-state index in [0.717, 1.165) is 55.6 Å². The molecular formula is C26H19FN6S. The van der Waals surface area contributed by atoms with Crippen molar-refractivity contribution in [2.75, 3.05) is 5.73 Å². The van der Waals surface area contributed by atoms with Gasteiger partial charge in [0.15, 0.2) is 5.82 Å². The van der Waals surface area contributed by atoms with Crippen molar-refractivity contribution in [2.24, 2.45) is 0 Å². The van der Waals surface area contributed by atoms with Crippen LogP contribution in [0.1, 0.15) is 5.56 Å². The molecule has 0 radical (unpaired) electrons. The van der Waals surface area contributed by atoms with Crippen LogP contribution in [0.15, 0.2) is 84.0 Å². The van der Waals surface area contributed by atoms with E-state index in [2.05, 4.69) is 25.1 Å². The van der Waals surface area contributed by atoms with Crippen LogP contribution < -0.4 is 5.73 Å². The highest BCUT2D eigenvalue weighted by Gasteiger charge is 2.13. The first-order valence-corrected chi connectivity index (χ1v) is 11.7. The number of pyridine rings is 2. The van der Waals surface area contributed by atoms with E-state index in [-0.39, 0.29) is 0 Å². The van der Waals surface area contributed by atoms with Crippen LogP contribution in [-0.2, 0) is 5.75 Å². The van der Waals surface area contributed by atoms with Gasteiger partial charge >= 0.3 is 0 Å². The molecule has 0 aliphatic rings. The van der Waals surface area contributed by atoms with Crippen molar-refractivity contribution in [3.8, 4) is 22.4 Å². The standard InChI is InChI=1S/C26H19FN6S/c27-23-11-17(12-24(31-23)34-14-15-4-2-1-3-5-15)22-13-19-18(8-9-29-26(19)30-22)16-6-7-21-20(10-16)25(28)33-32-21/h1-13H,14H2,(H,29,30)(H3,28,32,33). The largest absolute Gasteiger partial charge is 0.382 e. The number of aromatic nitrogens is 5. The number of halogens is 1. The lowest BCUT2D eigenvalue weighted by molar-refractivity contribution is 0.573. The number of benzene rings is 2. The fourth-order valence-corrected chi connectivity index (χ4v) is 4.94. The van der Waals surface area contributed by atoms with Gasteiger partial charge in [-0.15, -0.1) is 11.8 Å². The molecule has 0 saturated heterocycles. The van der Waals surface area contributed by atoms with Crippen LogP contribution in [0.3, 0.4) is 0 Å². The van der Waals surface area contributed by atoms with Gasteiger partial charge in [0.05, 0.1) is 5.52 Å². The molecule has 0 unspecified atom stereocenters. The van der Waals surface area contributed by atoms with E-state index >= 15 is 0 Å². The van der Waals surface area contributed by atoms with E-state index in [0.29, 0.717) is 10.8 Å². The van der Waals surface area contributed by atoms with E-state index in [1.54, 1.807) is 6.20 Å². The van der Waals surface area contributed by atoms with Crippen LogP contribution in [0.5, 0.6) is 0 Å². The molecule has 0 aliphatic carbocycles. The van der Waals surface area contributed by atoms with Crippen molar-refractivity contribution < 1.29 is 4.39 Å². The van der Waals surface area contributed by atoms with Gasteiger partial charge in [0.2, 0.25) is 5.95 Å². The summed E-state index contributed by atoms with van der Waals surface area (Å²) in [4.78, 5) is 11.9. The second-order valence-corrected chi connectivity index (χ2v) is 8.96. The van der Waals surface area contributed by atoms with Crippen molar-refractivity contribution in [3.63, 3.8) is 0 Å². The molecule has 0 spiro atoms. The molecular weight excluding hydrogens is 447 g/mol. The van der Waals surface area contributed by atoms with Gasteiger partial charge in [-0.2, -0.15) is 9.49 Å². The average molecular weight is 467 g/mol. The van der Waals surface area contributed by atoms with Gasteiger partial charge in [-0.25, -0.2) is 9.97 Å². The number of aromatic amines is 2. The van der Waals surface area contributed by atoms with Gasteiger partial charge in [0.25, 0.3) is 0 Å². The molecule has 6 nitrogen and oxygen atoms in total. The number of H-pyrrole nitrogens is 2. The van der Waals surface area contributed by atoms with Crippen LogP contribution in [0.25, 0.3) is 44.3 Å². The van der Waals surface area contributed by atoms with Crippen molar-refractivity contribution in [3.05, 3.63) is 90.5 Å². The van der Waals surface area contributed by atoms with Crippen LogP contribution in [0.4, 0.5) is 10.2 Å². The number of nitrogens with one attached hydrogen (secondary N) is 2. The maximum absolute atomic E-state index is 14.4. The maximum Gasteiger partial charge on any atom is 0.214 e. The molecule has 4 aromatic heterocycles. The predicted molar refractivity (Wildman–Crippen MR) is 135 cm³/mol. The number of hydrogen-bond acceptors (Lipinski definition) is 5. The number of rotatable bonds is 5. The molecule has 0 saturated carbocycles. The Kier molecular flexibility index (Phi) is 5.00. The lowest BCUT2D eigenvalue weighted by Gasteiger charge is -2.05. The van der Waals surface area contributed by atoms with Crippen molar-refractivity contribution >= 4 is 39.5 Å². The van der Waals surface area contributed by atoms with E-state index in [4.69, 9.17) is 5.73 Å². The topological polar surface area (TPSA) is 96.3 Å². The SMILES string of the molecule is Nc1n[nH]c2ccc(-c3ccnc4[nH]c(-c5cc(F)nc(SCc6ccccc6)c5)cc34)cc12. The molecule has 0 amide bonds. The van der Waals surface area contributed by atoms with Crippen molar-refractivity contribution in [1.82, 2.24) is 25.1 Å². The summed E-state index contributed by atoms with van der Waals surface area (Å²) in [7, 11) is 0. The monoisotopic (exact) mass is 466 g/mol. The van der Waals surface area contributed by atoms with Gasteiger partial charge < -0.3 is 10.7 Å². The zero-order valence-corrected chi connectivity index (χ0v) is 18.7. The van der Waals surface area contributed by atoms with Gasteiger partial charge in [0, 0.05) is 40.0 Å². The Labute approximate surface area is 198 Å². The quantitative estimate of drug-likeness (QED) is 0.208. The normalized spacial score (nSPS) is 11.4. The smallest absolute Gasteiger partial charge is 0.214 e. The Morgan fingerprint density at radius 3 is 2.68 bits per heavy atom. The molecule has 4 heterocycles. The van der Waals surface area contributed by atoms with Crippen LogP contribution in [0, 0.1) is 5.95 Å². The molecule has 166 valence electrons. The van der Waals surface area contributed by atoms with Gasteiger partial charge in [-0.3, -0.25) is 5.10 Å². The number of nitrogens with zero attached hydrogens (tertiary/aromatic N) is 3. The number of nitrogens with two attached hydrogens (primary N) is 1.